The van der Waals surface area contributed by atoms with E-state index in [4.69, 9.17) is 17.0 Å². The van der Waals surface area contributed by atoms with E-state index in [1.54, 1.807) is 18.3 Å². The highest BCUT2D eigenvalue weighted by molar-refractivity contribution is 7.80. The van der Waals surface area contributed by atoms with Gasteiger partial charge in [0, 0.05) is 30.7 Å². The van der Waals surface area contributed by atoms with E-state index in [1.807, 2.05) is 48.7 Å². The molecular formula is C26H28N4O3S. The lowest BCUT2D eigenvalue weighted by atomic mass is 9.96. The van der Waals surface area contributed by atoms with Crippen LogP contribution in [0, 0.1) is 13.8 Å². The van der Waals surface area contributed by atoms with Crippen LogP contribution >= 0.6 is 12.2 Å². The third-order valence-electron chi connectivity index (χ3n) is 6.79. The van der Waals surface area contributed by atoms with Gasteiger partial charge in [0.25, 0.3) is 0 Å². The normalized spacial score (nSPS) is 22.2. The Kier molecular flexibility index (Phi) is 6.10. The second-order valence-corrected chi connectivity index (χ2v) is 9.28. The molecule has 0 aliphatic carbocycles. The minimum absolute atomic E-state index is 0.0939. The molecule has 3 aromatic rings. The quantitative estimate of drug-likeness (QED) is 0.513. The molecule has 0 spiro atoms. The van der Waals surface area contributed by atoms with Crippen LogP contribution in [0.4, 0.5) is 0 Å². The molecule has 1 aromatic carbocycles. The van der Waals surface area contributed by atoms with E-state index < -0.39 is 5.97 Å². The molecule has 2 aromatic heterocycles. The number of thiocarbonyl (C=S) groups is 1. The summed E-state index contributed by atoms with van der Waals surface area (Å²) < 4.78 is 7.97. The van der Waals surface area contributed by atoms with E-state index in [1.165, 1.54) is 0 Å². The van der Waals surface area contributed by atoms with Gasteiger partial charge in [-0.15, -0.1) is 0 Å². The number of ether oxygens (including phenoxy) is 1. The van der Waals surface area contributed by atoms with Gasteiger partial charge in [0.05, 0.1) is 35.1 Å². The largest absolute Gasteiger partial charge is 0.478 e. The molecule has 4 heterocycles. The molecule has 8 heteroatoms. The molecule has 2 fully saturated rings. The fourth-order valence-electron chi connectivity index (χ4n) is 5.26. The number of hydrogen-bond acceptors (Lipinski definition) is 4. The summed E-state index contributed by atoms with van der Waals surface area (Å²) in [5.41, 5.74) is 4.90. The predicted molar refractivity (Wildman–Crippen MR) is 133 cm³/mol. The number of nitrogens with zero attached hydrogens (tertiary/aromatic N) is 3. The summed E-state index contributed by atoms with van der Waals surface area (Å²) in [5.74, 6) is -0.945. The van der Waals surface area contributed by atoms with Crippen molar-refractivity contribution in [3.63, 3.8) is 0 Å². The van der Waals surface area contributed by atoms with Crippen LogP contribution in [0.5, 0.6) is 0 Å². The number of rotatable bonds is 6. The molecule has 0 bridgehead atoms. The number of carboxylic acid groups (broad SMARTS) is 1. The molecule has 2 aliphatic rings. The second kappa shape index (κ2) is 9.19. The highest BCUT2D eigenvalue weighted by Crippen LogP contribution is 2.42. The summed E-state index contributed by atoms with van der Waals surface area (Å²) in [6, 6.07) is 14.9. The number of aromatic carboxylic acids is 1. The van der Waals surface area contributed by atoms with Crippen LogP contribution in [0.15, 0.2) is 54.7 Å². The van der Waals surface area contributed by atoms with Gasteiger partial charge < -0.3 is 24.6 Å². The fourth-order valence-corrected chi connectivity index (χ4v) is 5.57. The summed E-state index contributed by atoms with van der Waals surface area (Å²) >= 11 is 5.81. The maximum Gasteiger partial charge on any atom is 0.337 e. The maximum atomic E-state index is 11.9. The number of nitrogens with one attached hydrogen (secondary N) is 1. The van der Waals surface area contributed by atoms with Gasteiger partial charge in [-0.3, -0.25) is 4.98 Å². The Bertz CT molecular complexity index is 1220. The van der Waals surface area contributed by atoms with Crippen LogP contribution < -0.4 is 5.32 Å². The van der Waals surface area contributed by atoms with Crippen molar-refractivity contribution < 1.29 is 14.6 Å². The molecule has 7 nitrogen and oxygen atoms in total. The molecule has 2 saturated heterocycles. The van der Waals surface area contributed by atoms with E-state index in [-0.39, 0.29) is 23.8 Å². The molecule has 3 atom stereocenters. The summed E-state index contributed by atoms with van der Waals surface area (Å²) in [6.45, 7) is 5.54. The van der Waals surface area contributed by atoms with Crippen molar-refractivity contribution in [1.29, 1.82) is 0 Å². The zero-order chi connectivity index (χ0) is 23.8. The lowest BCUT2D eigenvalue weighted by Crippen LogP contribution is -2.36. The molecule has 5 rings (SSSR count). The van der Waals surface area contributed by atoms with E-state index in [0.29, 0.717) is 17.3 Å². The Labute approximate surface area is 204 Å². The number of hydrogen-bond donors (Lipinski definition) is 2. The second-order valence-electron chi connectivity index (χ2n) is 8.90. The Morgan fingerprint density at radius 2 is 2.03 bits per heavy atom. The summed E-state index contributed by atoms with van der Waals surface area (Å²) in [4.78, 5) is 18.8. The van der Waals surface area contributed by atoms with Crippen molar-refractivity contribution in [2.75, 3.05) is 13.2 Å². The summed E-state index contributed by atoms with van der Waals surface area (Å²) in [6.07, 6.45) is 4.02. The Balaban J connectivity index is 1.62. The summed E-state index contributed by atoms with van der Waals surface area (Å²) in [7, 11) is 0. The lowest BCUT2D eigenvalue weighted by Gasteiger charge is -2.30. The van der Waals surface area contributed by atoms with E-state index >= 15 is 0 Å². The molecule has 2 N–H and O–H groups in total. The zero-order valence-electron chi connectivity index (χ0n) is 19.3. The highest BCUT2D eigenvalue weighted by Gasteiger charge is 2.42. The average molecular weight is 477 g/mol. The standard InChI is InChI=1S/C26H28N4O3S/c1-16-14-20(17(2)30(16)22-11-4-3-9-19(22)25(31)32)24-23(21-10-5-6-12-27-21)28-26(34)29(24)15-18-8-7-13-33-18/h3-6,9-12,14,18,23-24H,7-8,13,15H2,1-2H3,(H,28,34)(H,31,32)/t18-,23+,24-/m1/s1. The first kappa shape index (κ1) is 22.6. The summed E-state index contributed by atoms with van der Waals surface area (Å²) in [5, 5.41) is 14.0. The molecule has 176 valence electrons. The van der Waals surface area contributed by atoms with Gasteiger partial charge in [-0.05, 0) is 74.8 Å². The molecule has 0 amide bonds. The molecule has 2 aliphatic heterocycles. The Morgan fingerprint density at radius 1 is 1.24 bits per heavy atom. The van der Waals surface area contributed by atoms with Crippen molar-refractivity contribution in [1.82, 2.24) is 19.8 Å². The third-order valence-corrected chi connectivity index (χ3v) is 7.14. The van der Waals surface area contributed by atoms with Crippen molar-refractivity contribution in [2.24, 2.45) is 0 Å². The van der Waals surface area contributed by atoms with E-state index in [2.05, 4.69) is 21.3 Å². The van der Waals surface area contributed by atoms with E-state index in [9.17, 15) is 9.90 Å². The van der Waals surface area contributed by atoms with Gasteiger partial charge in [0.15, 0.2) is 5.11 Å². The molecule has 0 radical (unpaired) electrons. The van der Waals surface area contributed by atoms with Gasteiger partial charge in [-0.1, -0.05) is 18.2 Å². The Hall–Kier alpha value is -3.23. The Morgan fingerprint density at radius 3 is 2.74 bits per heavy atom. The van der Waals surface area contributed by atoms with Crippen molar-refractivity contribution in [3.8, 4) is 5.69 Å². The number of aryl methyl sites for hydroxylation is 1. The smallest absolute Gasteiger partial charge is 0.337 e. The average Bonchev–Trinajstić information content (AvgIpc) is 3.53. The van der Waals surface area contributed by atoms with Gasteiger partial charge in [0.2, 0.25) is 0 Å². The number of carboxylic acids is 1. The fraction of sp³-hybridized carbons (Fsp3) is 0.346. The first-order valence-electron chi connectivity index (χ1n) is 11.6. The van der Waals surface area contributed by atoms with Gasteiger partial charge >= 0.3 is 5.97 Å². The van der Waals surface area contributed by atoms with Gasteiger partial charge in [-0.2, -0.15) is 0 Å². The zero-order valence-corrected chi connectivity index (χ0v) is 20.1. The number of benzene rings is 1. The predicted octanol–water partition coefficient (Wildman–Crippen LogP) is 4.34. The van der Waals surface area contributed by atoms with Crippen molar-refractivity contribution >= 4 is 23.3 Å². The first-order chi connectivity index (χ1) is 16.5. The van der Waals surface area contributed by atoms with Crippen LogP contribution in [-0.4, -0.2) is 49.9 Å². The number of aromatic nitrogens is 2. The van der Waals surface area contributed by atoms with Crippen LogP contribution in [0.3, 0.4) is 0 Å². The maximum absolute atomic E-state index is 11.9. The van der Waals surface area contributed by atoms with Gasteiger partial charge in [-0.25, -0.2) is 4.79 Å². The minimum atomic E-state index is -0.945. The topological polar surface area (TPSA) is 79.6 Å². The van der Waals surface area contributed by atoms with Gasteiger partial charge in [0.1, 0.15) is 0 Å². The minimum Gasteiger partial charge on any atom is -0.478 e. The van der Waals surface area contributed by atoms with E-state index in [0.717, 1.165) is 42.1 Å². The van der Waals surface area contributed by atoms with Crippen molar-refractivity contribution in [2.45, 2.75) is 44.9 Å². The SMILES string of the molecule is Cc1cc([C@@H]2[C@H](c3ccccn3)NC(=S)N2C[C@H]2CCCO2)c(C)n1-c1ccccc1C(=O)O. The number of pyridine rings is 1. The van der Waals surface area contributed by atoms with Crippen LogP contribution in [0.1, 0.15) is 57.9 Å². The van der Waals surface area contributed by atoms with Crippen LogP contribution in [-0.2, 0) is 4.74 Å². The van der Waals surface area contributed by atoms with Crippen LogP contribution in [0.25, 0.3) is 5.69 Å². The third kappa shape index (κ3) is 3.97. The highest BCUT2D eigenvalue weighted by atomic mass is 32.1. The number of para-hydroxylation sites is 1. The molecular weight excluding hydrogens is 448 g/mol. The number of carbonyl (C=O) groups is 1. The van der Waals surface area contributed by atoms with Crippen LogP contribution in [0.2, 0.25) is 0 Å². The molecule has 34 heavy (non-hydrogen) atoms. The molecule has 0 saturated carbocycles. The monoisotopic (exact) mass is 476 g/mol. The molecule has 0 unspecified atom stereocenters. The van der Waals surface area contributed by atoms with Crippen molar-refractivity contribution in [3.05, 3.63) is 82.9 Å². The first-order valence-corrected chi connectivity index (χ1v) is 12.0. The lowest BCUT2D eigenvalue weighted by molar-refractivity contribution is 0.0697.